The average Bonchev–Trinajstić information content (AvgIpc) is 3.54. The molecule has 1 amide bonds. The highest BCUT2D eigenvalue weighted by Gasteiger charge is 2.25. The Morgan fingerprint density at radius 3 is 2.61 bits per heavy atom. The summed E-state index contributed by atoms with van der Waals surface area (Å²) in [6, 6.07) is 26.5. The van der Waals surface area contributed by atoms with Crippen LogP contribution in [-0.2, 0) is 24.1 Å². The molecule has 182 valence electrons. The molecule has 0 atom stereocenters. The zero-order valence-corrected chi connectivity index (χ0v) is 20.0. The van der Waals surface area contributed by atoms with Crippen LogP contribution in [0.15, 0.2) is 78.9 Å². The van der Waals surface area contributed by atoms with Gasteiger partial charge in [-0.05, 0) is 60.7 Å². The van der Waals surface area contributed by atoms with Gasteiger partial charge in [-0.25, -0.2) is 0 Å². The fraction of sp³-hybridized carbons (Fsp3) is 0.233. The van der Waals surface area contributed by atoms with Crippen molar-refractivity contribution in [1.29, 1.82) is 0 Å². The zero-order valence-electron chi connectivity index (χ0n) is 20.0. The lowest BCUT2D eigenvalue weighted by molar-refractivity contribution is -0.121. The smallest absolute Gasteiger partial charge is 0.231 e. The number of nitrogens with zero attached hydrogens (tertiary/aromatic N) is 1. The third kappa shape index (κ3) is 4.42. The van der Waals surface area contributed by atoms with Crippen molar-refractivity contribution in [3.63, 3.8) is 0 Å². The van der Waals surface area contributed by atoms with Gasteiger partial charge in [-0.2, -0.15) is 0 Å². The molecule has 0 fully saturated rings. The monoisotopic (exact) mass is 480 g/mol. The lowest BCUT2D eigenvalue weighted by Crippen LogP contribution is -2.28. The Morgan fingerprint density at radius 1 is 0.889 bits per heavy atom. The molecule has 0 unspecified atom stereocenters. The van der Waals surface area contributed by atoms with Gasteiger partial charge in [0, 0.05) is 29.4 Å². The molecular formula is C30H28N2O4. The van der Waals surface area contributed by atoms with E-state index < -0.39 is 0 Å². The minimum absolute atomic E-state index is 0.0171. The topological polar surface area (TPSA) is 61.7 Å². The van der Waals surface area contributed by atoms with Crippen molar-refractivity contribution in [3.8, 4) is 34.2 Å². The number of hydrogen-bond acceptors (Lipinski definition) is 4. The van der Waals surface area contributed by atoms with Gasteiger partial charge < -0.3 is 24.1 Å². The van der Waals surface area contributed by atoms with Gasteiger partial charge in [0.1, 0.15) is 12.4 Å². The van der Waals surface area contributed by atoms with E-state index >= 15 is 0 Å². The summed E-state index contributed by atoms with van der Waals surface area (Å²) in [5.41, 5.74) is 7.27. The largest absolute Gasteiger partial charge is 0.492 e. The maximum absolute atomic E-state index is 12.7. The van der Waals surface area contributed by atoms with Crippen LogP contribution in [0.2, 0.25) is 0 Å². The van der Waals surface area contributed by atoms with Crippen LogP contribution in [0.5, 0.6) is 17.2 Å². The standard InChI is InChI=1S/C30H28N2O4/c33-29(31-16-17-34-25-7-2-1-3-8-25)15-13-23-18-22-11-10-21-6-4-5-9-26(21)30(22)32(23)24-12-14-27-28(19-24)36-20-35-27/h1-9,12,14,18-19H,10-11,13,15-17,20H2,(H,31,33). The van der Waals surface area contributed by atoms with Crippen molar-refractivity contribution in [1.82, 2.24) is 9.88 Å². The van der Waals surface area contributed by atoms with E-state index in [1.165, 1.54) is 22.4 Å². The lowest BCUT2D eigenvalue weighted by Gasteiger charge is -2.21. The molecule has 2 heterocycles. The van der Waals surface area contributed by atoms with Crippen LogP contribution in [0.25, 0.3) is 16.9 Å². The molecule has 2 aliphatic rings. The van der Waals surface area contributed by atoms with E-state index in [1.54, 1.807) is 0 Å². The van der Waals surface area contributed by atoms with Crippen LogP contribution < -0.4 is 19.5 Å². The highest BCUT2D eigenvalue weighted by atomic mass is 16.7. The van der Waals surface area contributed by atoms with Crippen molar-refractivity contribution in [2.75, 3.05) is 19.9 Å². The average molecular weight is 481 g/mol. The summed E-state index contributed by atoms with van der Waals surface area (Å²) >= 11 is 0. The number of rotatable bonds is 8. The number of aromatic nitrogens is 1. The molecule has 1 aromatic heterocycles. The van der Waals surface area contributed by atoms with Gasteiger partial charge >= 0.3 is 0 Å². The van der Waals surface area contributed by atoms with Crippen LogP contribution in [0, 0.1) is 0 Å². The number of amides is 1. The maximum atomic E-state index is 12.7. The Labute approximate surface area is 210 Å². The number of fused-ring (bicyclic) bond motifs is 4. The van der Waals surface area contributed by atoms with E-state index in [1.807, 2.05) is 42.5 Å². The Morgan fingerprint density at radius 2 is 1.69 bits per heavy atom. The molecule has 0 saturated heterocycles. The maximum Gasteiger partial charge on any atom is 0.231 e. The summed E-state index contributed by atoms with van der Waals surface area (Å²) in [4.78, 5) is 12.7. The molecular weight excluding hydrogens is 452 g/mol. The summed E-state index contributed by atoms with van der Waals surface area (Å²) in [5.74, 6) is 2.34. The predicted molar refractivity (Wildman–Crippen MR) is 138 cm³/mol. The first-order valence-electron chi connectivity index (χ1n) is 12.4. The highest BCUT2D eigenvalue weighted by Crippen LogP contribution is 2.40. The van der Waals surface area contributed by atoms with Gasteiger partial charge in [0.25, 0.3) is 0 Å². The Bertz CT molecular complexity index is 1390. The number of carbonyl (C=O) groups is 1. The van der Waals surface area contributed by atoms with E-state index in [2.05, 4.69) is 46.3 Å². The summed E-state index contributed by atoms with van der Waals surface area (Å²) in [6.45, 7) is 1.15. The molecule has 6 rings (SSSR count). The van der Waals surface area contributed by atoms with Gasteiger partial charge in [0.2, 0.25) is 12.7 Å². The SMILES string of the molecule is O=C(CCc1cc2c(n1-c1ccc3c(c1)OCO3)-c1ccccc1CC2)NCCOc1ccccc1. The van der Waals surface area contributed by atoms with E-state index in [4.69, 9.17) is 14.2 Å². The second kappa shape index (κ2) is 9.82. The fourth-order valence-corrected chi connectivity index (χ4v) is 5.05. The van der Waals surface area contributed by atoms with Gasteiger partial charge in [0.15, 0.2) is 11.5 Å². The van der Waals surface area contributed by atoms with Gasteiger partial charge in [-0.15, -0.1) is 0 Å². The minimum atomic E-state index is 0.0171. The van der Waals surface area contributed by atoms with Gasteiger partial charge in [0.05, 0.1) is 12.2 Å². The van der Waals surface area contributed by atoms with Gasteiger partial charge in [-0.3, -0.25) is 4.79 Å². The van der Waals surface area contributed by atoms with Crippen LogP contribution >= 0.6 is 0 Å². The molecule has 0 bridgehead atoms. The Kier molecular flexibility index (Phi) is 6.08. The number of nitrogens with one attached hydrogen (secondary N) is 1. The van der Waals surface area contributed by atoms with Crippen LogP contribution in [0.4, 0.5) is 0 Å². The van der Waals surface area contributed by atoms with Crippen molar-refractivity contribution in [2.45, 2.75) is 25.7 Å². The van der Waals surface area contributed by atoms with Gasteiger partial charge in [-0.1, -0.05) is 42.5 Å². The molecule has 4 aromatic rings. The predicted octanol–water partition coefficient (Wildman–Crippen LogP) is 5.10. The highest BCUT2D eigenvalue weighted by molar-refractivity contribution is 5.77. The second-order valence-corrected chi connectivity index (χ2v) is 9.05. The Hall–Kier alpha value is -4.19. The van der Waals surface area contributed by atoms with E-state index in [9.17, 15) is 4.79 Å². The molecule has 1 aliphatic carbocycles. The summed E-state index contributed by atoms with van der Waals surface area (Å²) in [5, 5.41) is 2.98. The number of benzene rings is 3. The third-order valence-electron chi connectivity index (χ3n) is 6.75. The molecule has 36 heavy (non-hydrogen) atoms. The number of aryl methyl sites for hydroxylation is 3. The summed E-state index contributed by atoms with van der Waals surface area (Å²) in [6.07, 6.45) is 3.05. The number of carbonyl (C=O) groups excluding carboxylic acids is 1. The normalized spacial score (nSPS) is 13.1. The number of hydrogen-bond donors (Lipinski definition) is 1. The zero-order chi connectivity index (χ0) is 24.3. The van der Waals surface area contributed by atoms with Crippen molar-refractivity contribution in [2.24, 2.45) is 0 Å². The minimum Gasteiger partial charge on any atom is -0.492 e. The number of ether oxygens (including phenoxy) is 3. The molecule has 6 nitrogen and oxygen atoms in total. The molecule has 0 spiro atoms. The molecule has 0 radical (unpaired) electrons. The first-order chi connectivity index (χ1) is 17.8. The van der Waals surface area contributed by atoms with Crippen molar-refractivity contribution in [3.05, 3.63) is 95.7 Å². The molecule has 1 aliphatic heterocycles. The first-order valence-corrected chi connectivity index (χ1v) is 12.4. The quantitative estimate of drug-likeness (QED) is 0.357. The van der Waals surface area contributed by atoms with Crippen LogP contribution in [0.1, 0.15) is 23.2 Å². The van der Waals surface area contributed by atoms with Crippen molar-refractivity contribution < 1.29 is 19.0 Å². The molecule has 0 saturated carbocycles. The van der Waals surface area contributed by atoms with Crippen LogP contribution in [-0.4, -0.2) is 30.4 Å². The lowest BCUT2D eigenvalue weighted by atomic mass is 9.90. The van der Waals surface area contributed by atoms with Crippen molar-refractivity contribution >= 4 is 5.91 Å². The summed E-state index contributed by atoms with van der Waals surface area (Å²) < 4.78 is 19.2. The summed E-state index contributed by atoms with van der Waals surface area (Å²) in [7, 11) is 0. The molecule has 3 aromatic carbocycles. The van der Waals surface area contributed by atoms with E-state index in [0.29, 0.717) is 26.0 Å². The molecule has 1 N–H and O–H groups in total. The van der Waals surface area contributed by atoms with Crippen LogP contribution in [0.3, 0.4) is 0 Å². The molecule has 6 heteroatoms. The third-order valence-corrected chi connectivity index (χ3v) is 6.75. The number of para-hydroxylation sites is 1. The van der Waals surface area contributed by atoms with E-state index in [-0.39, 0.29) is 12.7 Å². The first kappa shape index (κ1) is 22.3. The Balaban J connectivity index is 1.21. The fourth-order valence-electron chi connectivity index (χ4n) is 5.05. The second-order valence-electron chi connectivity index (χ2n) is 9.05. The van der Waals surface area contributed by atoms with E-state index in [0.717, 1.165) is 41.5 Å².